The average Bonchev–Trinajstić information content (AvgIpc) is 3.48. The molecule has 0 bridgehead atoms. The Hall–Kier alpha value is -1.13. The van der Waals surface area contributed by atoms with Crippen molar-refractivity contribution in [2.75, 3.05) is 6.61 Å². The van der Waals surface area contributed by atoms with Crippen molar-refractivity contribution in [2.45, 2.75) is 62.8 Å². The number of nitrogens with zero attached hydrogens (tertiary/aromatic N) is 2. The first kappa shape index (κ1) is 14.2. The molecule has 5 heteroatoms. The van der Waals surface area contributed by atoms with Crippen LogP contribution in [-0.2, 0) is 10.4 Å². The molecule has 3 nitrogen and oxygen atoms in total. The minimum absolute atomic E-state index is 0.0181. The summed E-state index contributed by atoms with van der Waals surface area (Å²) < 4.78 is 22.7. The van der Waals surface area contributed by atoms with Gasteiger partial charge in [-0.2, -0.15) is 5.10 Å². The highest BCUT2D eigenvalue weighted by molar-refractivity contribution is 6.36. The number of ether oxygens (including phenoxy) is 1. The van der Waals surface area contributed by atoms with Crippen molar-refractivity contribution >= 4 is 22.5 Å². The molecule has 1 aromatic carbocycles. The number of rotatable bonds is 3. The summed E-state index contributed by atoms with van der Waals surface area (Å²) in [6.45, 7) is 0.779. The Morgan fingerprint density at radius 2 is 2.09 bits per heavy atom. The van der Waals surface area contributed by atoms with Gasteiger partial charge in [0.25, 0.3) is 0 Å². The van der Waals surface area contributed by atoms with Crippen LogP contribution in [-0.4, -0.2) is 16.4 Å². The SMILES string of the molecule is FC1(c2c(C3CC3)cc3c(cnn3C3CCCCO3)c2Cl)CC1. The van der Waals surface area contributed by atoms with Gasteiger partial charge in [0, 0.05) is 17.6 Å². The summed E-state index contributed by atoms with van der Waals surface area (Å²) in [6.07, 6.45) is 8.46. The van der Waals surface area contributed by atoms with Crippen LogP contribution in [0.3, 0.4) is 0 Å². The van der Waals surface area contributed by atoms with Gasteiger partial charge in [-0.25, -0.2) is 9.07 Å². The van der Waals surface area contributed by atoms with E-state index in [9.17, 15) is 4.39 Å². The normalized spacial score (nSPS) is 26.6. The summed E-state index contributed by atoms with van der Waals surface area (Å²) in [5.74, 6) is 0.468. The Kier molecular flexibility index (Phi) is 3.05. The van der Waals surface area contributed by atoms with Crippen molar-refractivity contribution in [1.82, 2.24) is 9.78 Å². The standard InChI is InChI=1S/C18H20ClFN2O/c19-17-13-10-21-22(15-3-1-2-8-23-15)14(13)9-12(11-4-5-11)16(17)18(20)6-7-18/h9-11,15H,1-8H2. The molecule has 1 aromatic heterocycles. The fourth-order valence-electron chi connectivity index (χ4n) is 3.84. The molecular weight excluding hydrogens is 315 g/mol. The van der Waals surface area contributed by atoms with E-state index in [4.69, 9.17) is 16.3 Å². The fourth-order valence-corrected chi connectivity index (χ4v) is 4.27. The summed E-state index contributed by atoms with van der Waals surface area (Å²) in [4.78, 5) is 0. The van der Waals surface area contributed by atoms with Gasteiger partial charge < -0.3 is 4.74 Å². The summed E-state index contributed by atoms with van der Waals surface area (Å²) in [7, 11) is 0. The van der Waals surface area contributed by atoms with E-state index >= 15 is 0 Å². The largest absolute Gasteiger partial charge is 0.356 e. The van der Waals surface area contributed by atoms with Gasteiger partial charge in [-0.1, -0.05) is 11.6 Å². The molecule has 5 rings (SSSR count). The first-order valence-electron chi connectivity index (χ1n) is 8.68. The molecular formula is C18H20ClFN2O. The Morgan fingerprint density at radius 3 is 2.74 bits per heavy atom. The molecule has 2 saturated carbocycles. The predicted octanol–water partition coefficient (Wildman–Crippen LogP) is 5.22. The first-order valence-corrected chi connectivity index (χ1v) is 9.06. The van der Waals surface area contributed by atoms with Crippen LogP contribution in [0.15, 0.2) is 12.3 Å². The molecule has 0 N–H and O–H groups in total. The molecule has 2 aliphatic carbocycles. The van der Waals surface area contributed by atoms with Crippen molar-refractivity contribution in [2.24, 2.45) is 0 Å². The lowest BCUT2D eigenvalue weighted by Gasteiger charge is -2.24. The number of hydrogen-bond acceptors (Lipinski definition) is 2. The summed E-state index contributed by atoms with van der Waals surface area (Å²) in [5, 5.41) is 5.97. The Labute approximate surface area is 139 Å². The van der Waals surface area contributed by atoms with Gasteiger partial charge >= 0.3 is 0 Å². The number of benzene rings is 1. The Morgan fingerprint density at radius 1 is 1.26 bits per heavy atom. The number of fused-ring (bicyclic) bond motifs is 1. The van der Waals surface area contributed by atoms with E-state index in [-0.39, 0.29) is 6.23 Å². The highest BCUT2D eigenvalue weighted by atomic mass is 35.5. The quantitative estimate of drug-likeness (QED) is 0.769. The molecule has 1 unspecified atom stereocenters. The lowest BCUT2D eigenvalue weighted by Crippen LogP contribution is -2.19. The van der Waals surface area contributed by atoms with E-state index in [0.717, 1.165) is 60.7 Å². The van der Waals surface area contributed by atoms with E-state index in [2.05, 4.69) is 11.2 Å². The van der Waals surface area contributed by atoms with Gasteiger partial charge in [-0.3, -0.25) is 0 Å². The van der Waals surface area contributed by atoms with Gasteiger partial charge in [0.1, 0.15) is 5.67 Å². The second-order valence-corrected chi connectivity index (χ2v) is 7.62. The van der Waals surface area contributed by atoms with Crippen molar-refractivity contribution in [3.8, 4) is 0 Å². The van der Waals surface area contributed by atoms with Crippen LogP contribution >= 0.6 is 11.6 Å². The second kappa shape index (κ2) is 4.93. The van der Waals surface area contributed by atoms with Crippen molar-refractivity contribution in [1.29, 1.82) is 0 Å². The van der Waals surface area contributed by atoms with E-state index in [1.807, 2.05) is 4.68 Å². The van der Waals surface area contributed by atoms with Gasteiger partial charge in [0.15, 0.2) is 6.23 Å². The van der Waals surface area contributed by atoms with E-state index in [1.54, 1.807) is 6.20 Å². The predicted molar refractivity (Wildman–Crippen MR) is 87.6 cm³/mol. The number of aromatic nitrogens is 2. The molecule has 0 spiro atoms. The fraction of sp³-hybridized carbons (Fsp3) is 0.611. The molecule has 1 aliphatic heterocycles. The molecule has 2 aromatic rings. The molecule has 3 aliphatic rings. The number of alkyl halides is 1. The average molecular weight is 335 g/mol. The molecule has 1 saturated heterocycles. The maximum Gasteiger partial charge on any atom is 0.150 e. The lowest BCUT2D eigenvalue weighted by molar-refractivity contribution is -0.0366. The van der Waals surface area contributed by atoms with Crippen LogP contribution in [0.4, 0.5) is 4.39 Å². The number of hydrogen-bond donors (Lipinski definition) is 0. The zero-order valence-electron chi connectivity index (χ0n) is 13.0. The van der Waals surface area contributed by atoms with Gasteiger partial charge in [0.05, 0.1) is 16.7 Å². The van der Waals surface area contributed by atoms with Crippen molar-refractivity contribution in [3.63, 3.8) is 0 Å². The molecule has 0 amide bonds. The third kappa shape index (κ3) is 2.22. The third-order valence-electron chi connectivity index (χ3n) is 5.45. The van der Waals surface area contributed by atoms with Gasteiger partial charge in [-0.15, -0.1) is 0 Å². The highest BCUT2D eigenvalue weighted by Gasteiger charge is 2.49. The van der Waals surface area contributed by atoms with E-state index in [0.29, 0.717) is 23.8 Å². The van der Waals surface area contributed by atoms with Crippen molar-refractivity contribution < 1.29 is 9.13 Å². The highest BCUT2D eigenvalue weighted by Crippen LogP contribution is 2.58. The Bertz CT molecular complexity index is 773. The zero-order valence-corrected chi connectivity index (χ0v) is 13.8. The van der Waals surface area contributed by atoms with Crippen LogP contribution in [0.2, 0.25) is 5.02 Å². The van der Waals surface area contributed by atoms with Crippen LogP contribution in [0.5, 0.6) is 0 Å². The van der Waals surface area contributed by atoms with Gasteiger partial charge in [0.2, 0.25) is 0 Å². The maximum absolute atomic E-state index is 14.9. The summed E-state index contributed by atoms with van der Waals surface area (Å²) in [5.41, 5.74) is 1.65. The molecule has 0 radical (unpaired) electrons. The second-order valence-electron chi connectivity index (χ2n) is 7.24. The third-order valence-corrected chi connectivity index (χ3v) is 5.85. The van der Waals surface area contributed by atoms with Crippen LogP contribution in [0.25, 0.3) is 10.9 Å². The van der Waals surface area contributed by atoms with E-state index < -0.39 is 5.67 Å². The number of halogens is 2. The van der Waals surface area contributed by atoms with E-state index in [1.165, 1.54) is 0 Å². The van der Waals surface area contributed by atoms with Crippen LogP contribution in [0, 0.1) is 0 Å². The molecule has 2 heterocycles. The van der Waals surface area contributed by atoms with Gasteiger partial charge in [-0.05, 0) is 62.5 Å². The maximum atomic E-state index is 14.9. The first-order chi connectivity index (χ1) is 11.2. The summed E-state index contributed by atoms with van der Waals surface area (Å²) >= 11 is 6.66. The minimum atomic E-state index is -1.20. The molecule has 3 fully saturated rings. The van der Waals surface area contributed by atoms with Crippen molar-refractivity contribution in [3.05, 3.63) is 28.4 Å². The molecule has 23 heavy (non-hydrogen) atoms. The monoisotopic (exact) mass is 334 g/mol. The lowest BCUT2D eigenvalue weighted by atomic mass is 9.96. The Balaban J connectivity index is 1.69. The molecule has 1 atom stereocenters. The topological polar surface area (TPSA) is 27.1 Å². The smallest absolute Gasteiger partial charge is 0.150 e. The van der Waals surface area contributed by atoms with Crippen LogP contribution < -0.4 is 0 Å². The zero-order chi connectivity index (χ0) is 15.6. The molecule has 122 valence electrons. The minimum Gasteiger partial charge on any atom is -0.356 e. The van der Waals surface area contributed by atoms with Crippen LogP contribution in [0.1, 0.15) is 68.2 Å². The summed E-state index contributed by atoms with van der Waals surface area (Å²) in [6, 6.07) is 2.14.